The van der Waals surface area contributed by atoms with Crippen LogP contribution in [0.25, 0.3) is 11.1 Å². The zero-order valence-electron chi connectivity index (χ0n) is 13.1. The van der Waals surface area contributed by atoms with E-state index in [2.05, 4.69) is 6.07 Å². The lowest BCUT2D eigenvalue weighted by Gasteiger charge is -2.19. The first-order valence-electron chi connectivity index (χ1n) is 7.19. The van der Waals surface area contributed by atoms with Crippen LogP contribution in [0.1, 0.15) is 36.7 Å². The van der Waals surface area contributed by atoms with Crippen LogP contribution in [0.4, 0.5) is 0 Å². The molecule has 0 saturated heterocycles. The zero-order valence-corrected chi connectivity index (χ0v) is 13.1. The summed E-state index contributed by atoms with van der Waals surface area (Å²) in [6.45, 7) is 5.55. The van der Waals surface area contributed by atoms with Crippen molar-refractivity contribution in [2.45, 2.75) is 32.8 Å². The van der Waals surface area contributed by atoms with Crippen molar-refractivity contribution in [2.75, 3.05) is 0 Å². The lowest BCUT2D eigenvalue weighted by molar-refractivity contribution is 0.00696. The van der Waals surface area contributed by atoms with Gasteiger partial charge in [0.2, 0.25) is 0 Å². The van der Waals surface area contributed by atoms with Crippen LogP contribution in [0.2, 0.25) is 0 Å². The fourth-order valence-corrected chi connectivity index (χ4v) is 2.04. The molecule has 0 N–H and O–H groups in total. The molecular formula is C19H19NO2. The standard InChI is InChI=1S/C19H19NO2/c1-19(2,3)22-18(21)17-10-8-16(9-11-17)15-6-4-14(5-7-15)12-13-20/h4-11H,12H2,1-3H3. The van der Waals surface area contributed by atoms with Gasteiger partial charge in [0.05, 0.1) is 18.1 Å². The summed E-state index contributed by atoms with van der Waals surface area (Å²) in [6, 6.07) is 17.3. The lowest BCUT2D eigenvalue weighted by Crippen LogP contribution is -2.23. The minimum atomic E-state index is -0.494. The molecule has 112 valence electrons. The molecule has 0 fully saturated rings. The van der Waals surface area contributed by atoms with Crippen LogP contribution in [0.15, 0.2) is 48.5 Å². The van der Waals surface area contributed by atoms with Gasteiger partial charge >= 0.3 is 5.97 Å². The van der Waals surface area contributed by atoms with Gasteiger partial charge in [-0.2, -0.15) is 5.26 Å². The Kier molecular flexibility index (Phi) is 4.62. The monoisotopic (exact) mass is 293 g/mol. The molecule has 0 aromatic heterocycles. The van der Waals surface area contributed by atoms with Crippen molar-refractivity contribution in [3.8, 4) is 17.2 Å². The van der Waals surface area contributed by atoms with Gasteiger partial charge in [0.15, 0.2) is 0 Å². The Bertz CT molecular complexity index is 686. The third-order valence-electron chi connectivity index (χ3n) is 3.09. The first kappa shape index (κ1) is 15.8. The van der Waals surface area contributed by atoms with E-state index in [0.29, 0.717) is 12.0 Å². The average Bonchev–Trinajstić information content (AvgIpc) is 2.47. The van der Waals surface area contributed by atoms with Crippen LogP contribution in [-0.2, 0) is 11.2 Å². The highest BCUT2D eigenvalue weighted by atomic mass is 16.6. The number of nitriles is 1. The molecule has 3 heteroatoms. The molecule has 2 aromatic carbocycles. The molecule has 3 nitrogen and oxygen atoms in total. The largest absolute Gasteiger partial charge is 0.456 e. The van der Waals surface area contributed by atoms with Gasteiger partial charge in [-0.25, -0.2) is 4.79 Å². The topological polar surface area (TPSA) is 50.1 Å². The third-order valence-corrected chi connectivity index (χ3v) is 3.09. The second-order valence-corrected chi connectivity index (χ2v) is 6.11. The maximum atomic E-state index is 12.0. The minimum Gasteiger partial charge on any atom is -0.456 e. The lowest BCUT2D eigenvalue weighted by atomic mass is 10.0. The number of esters is 1. The van der Waals surface area contributed by atoms with Crippen LogP contribution >= 0.6 is 0 Å². The summed E-state index contributed by atoms with van der Waals surface area (Å²) < 4.78 is 5.34. The van der Waals surface area contributed by atoms with E-state index in [9.17, 15) is 4.79 Å². The Balaban J connectivity index is 2.15. The summed E-state index contributed by atoms with van der Waals surface area (Å²) in [6.07, 6.45) is 0.415. The fraction of sp³-hybridized carbons (Fsp3) is 0.263. The van der Waals surface area contributed by atoms with Gasteiger partial charge in [-0.05, 0) is 49.6 Å². The van der Waals surface area contributed by atoms with Crippen molar-refractivity contribution in [2.24, 2.45) is 0 Å². The van der Waals surface area contributed by atoms with Crippen molar-refractivity contribution in [1.82, 2.24) is 0 Å². The minimum absolute atomic E-state index is 0.316. The molecule has 0 aliphatic heterocycles. The molecule has 0 amide bonds. The Labute approximate surface area is 131 Å². The normalized spacial score (nSPS) is 10.8. The van der Waals surface area contributed by atoms with Crippen LogP contribution in [-0.4, -0.2) is 11.6 Å². The van der Waals surface area contributed by atoms with Gasteiger partial charge in [0, 0.05) is 0 Å². The number of nitrogens with zero attached hydrogens (tertiary/aromatic N) is 1. The molecule has 22 heavy (non-hydrogen) atoms. The molecule has 2 aromatic rings. The molecule has 0 spiro atoms. The van der Waals surface area contributed by atoms with E-state index in [1.54, 1.807) is 12.1 Å². The van der Waals surface area contributed by atoms with Gasteiger partial charge in [-0.3, -0.25) is 0 Å². The highest BCUT2D eigenvalue weighted by molar-refractivity contribution is 5.90. The highest BCUT2D eigenvalue weighted by Gasteiger charge is 2.17. The molecule has 0 heterocycles. The summed E-state index contributed by atoms with van der Waals surface area (Å²) in [7, 11) is 0. The second-order valence-electron chi connectivity index (χ2n) is 6.11. The van der Waals surface area contributed by atoms with Crippen LogP contribution in [0, 0.1) is 11.3 Å². The Morgan fingerprint density at radius 3 is 1.95 bits per heavy atom. The van der Waals surface area contributed by atoms with E-state index in [1.807, 2.05) is 57.2 Å². The first-order valence-corrected chi connectivity index (χ1v) is 7.19. The third kappa shape index (κ3) is 4.20. The Hall–Kier alpha value is -2.60. The summed E-state index contributed by atoms with van der Waals surface area (Å²) in [5.41, 5.74) is 3.12. The van der Waals surface area contributed by atoms with Gasteiger partial charge in [-0.1, -0.05) is 36.4 Å². The molecule has 0 saturated carbocycles. The quantitative estimate of drug-likeness (QED) is 0.789. The summed E-state index contributed by atoms with van der Waals surface area (Å²) >= 11 is 0. The second kappa shape index (κ2) is 6.44. The van der Waals surface area contributed by atoms with Crippen molar-refractivity contribution in [1.29, 1.82) is 5.26 Å². The van der Waals surface area contributed by atoms with E-state index >= 15 is 0 Å². The molecule has 0 unspecified atom stereocenters. The smallest absolute Gasteiger partial charge is 0.338 e. The van der Waals surface area contributed by atoms with E-state index in [1.165, 1.54) is 0 Å². The first-order chi connectivity index (χ1) is 10.4. The number of carbonyl (C=O) groups excluding carboxylic acids is 1. The predicted molar refractivity (Wildman–Crippen MR) is 86.4 cm³/mol. The number of hydrogen-bond acceptors (Lipinski definition) is 3. The number of rotatable bonds is 3. The summed E-state index contributed by atoms with van der Waals surface area (Å²) in [5, 5.41) is 8.68. The summed E-state index contributed by atoms with van der Waals surface area (Å²) in [4.78, 5) is 12.0. The summed E-state index contributed by atoms with van der Waals surface area (Å²) in [5.74, 6) is -0.316. The number of benzene rings is 2. The molecule has 0 atom stereocenters. The van der Waals surface area contributed by atoms with Crippen LogP contribution in [0.5, 0.6) is 0 Å². The fourth-order valence-electron chi connectivity index (χ4n) is 2.04. The van der Waals surface area contributed by atoms with Gasteiger partial charge in [0.25, 0.3) is 0 Å². The van der Waals surface area contributed by atoms with Gasteiger partial charge in [-0.15, -0.1) is 0 Å². The van der Waals surface area contributed by atoms with E-state index < -0.39 is 5.60 Å². The van der Waals surface area contributed by atoms with Gasteiger partial charge < -0.3 is 4.74 Å². The van der Waals surface area contributed by atoms with E-state index in [4.69, 9.17) is 10.00 Å². The van der Waals surface area contributed by atoms with Crippen molar-refractivity contribution >= 4 is 5.97 Å². The SMILES string of the molecule is CC(C)(C)OC(=O)c1ccc(-c2ccc(CC#N)cc2)cc1. The Morgan fingerprint density at radius 1 is 1.00 bits per heavy atom. The van der Waals surface area contributed by atoms with E-state index in [0.717, 1.165) is 16.7 Å². The maximum absolute atomic E-state index is 12.0. The number of ether oxygens (including phenoxy) is 1. The molecular weight excluding hydrogens is 274 g/mol. The molecule has 0 aliphatic rings. The molecule has 2 rings (SSSR count). The van der Waals surface area contributed by atoms with Crippen LogP contribution < -0.4 is 0 Å². The van der Waals surface area contributed by atoms with Crippen molar-refractivity contribution in [3.63, 3.8) is 0 Å². The maximum Gasteiger partial charge on any atom is 0.338 e. The number of hydrogen-bond donors (Lipinski definition) is 0. The highest BCUT2D eigenvalue weighted by Crippen LogP contribution is 2.21. The molecule has 0 radical (unpaired) electrons. The van der Waals surface area contributed by atoms with Crippen LogP contribution in [0.3, 0.4) is 0 Å². The molecule has 0 aliphatic carbocycles. The van der Waals surface area contributed by atoms with Gasteiger partial charge in [0.1, 0.15) is 5.60 Å². The van der Waals surface area contributed by atoms with E-state index in [-0.39, 0.29) is 5.97 Å². The molecule has 0 bridgehead atoms. The Morgan fingerprint density at radius 2 is 1.50 bits per heavy atom. The average molecular weight is 293 g/mol. The zero-order chi connectivity index (χ0) is 16.2. The van der Waals surface area contributed by atoms with Crippen molar-refractivity contribution in [3.05, 3.63) is 59.7 Å². The number of carbonyl (C=O) groups is 1. The van der Waals surface area contributed by atoms with Crippen molar-refractivity contribution < 1.29 is 9.53 Å². The predicted octanol–water partition coefficient (Wildman–Crippen LogP) is 4.37.